The number of halogens is 1. The van der Waals surface area contributed by atoms with Gasteiger partial charge >= 0.3 is 0 Å². The standard InChI is InChI=1S/C26H25FN4O3/c27-21-16-19(31-14-5-4-11-23(31)32)12-13-22(21)30-26(33)24(17-7-2-1-3-8-17)34-20-10-6-9-18(15-20)25(28)29/h1-3,6-10,12-13,15-16,24H,4-5,11,14H2,(H3,28,29)(H,30,33). The fourth-order valence-electron chi connectivity index (χ4n) is 3.82. The summed E-state index contributed by atoms with van der Waals surface area (Å²) in [7, 11) is 0. The van der Waals surface area contributed by atoms with E-state index < -0.39 is 17.8 Å². The van der Waals surface area contributed by atoms with Crippen LogP contribution in [-0.2, 0) is 9.59 Å². The maximum atomic E-state index is 14.9. The first-order chi connectivity index (χ1) is 16.4. The molecular weight excluding hydrogens is 435 g/mol. The van der Waals surface area contributed by atoms with Crippen LogP contribution in [0.15, 0.2) is 72.8 Å². The van der Waals surface area contributed by atoms with Gasteiger partial charge in [0.2, 0.25) is 12.0 Å². The fraction of sp³-hybridized carbons (Fsp3) is 0.192. The predicted octanol–water partition coefficient (Wildman–Crippen LogP) is 4.39. The maximum Gasteiger partial charge on any atom is 0.270 e. The summed E-state index contributed by atoms with van der Waals surface area (Å²) < 4.78 is 20.9. The summed E-state index contributed by atoms with van der Waals surface area (Å²) in [6, 6.07) is 19.7. The number of nitrogens with one attached hydrogen (secondary N) is 2. The van der Waals surface area contributed by atoms with E-state index in [1.807, 2.05) is 6.07 Å². The Balaban J connectivity index is 1.57. The van der Waals surface area contributed by atoms with Crippen LogP contribution in [0.25, 0.3) is 0 Å². The third-order valence-corrected chi connectivity index (χ3v) is 5.59. The number of nitrogen functional groups attached to an aromatic ring is 1. The lowest BCUT2D eigenvalue weighted by Gasteiger charge is -2.27. The van der Waals surface area contributed by atoms with E-state index in [-0.39, 0.29) is 17.4 Å². The average molecular weight is 461 g/mol. The van der Waals surface area contributed by atoms with E-state index in [0.29, 0.717) is 35.5 Å². The van der Waals surface area contributed by atoms with Gasteiger partial charge in [-0.2, -0.15) is 0 Å². The smallest absolute Gasteiger partial charge is 0.270 e. The number of anilines is 2. The molecule has 7 nitrogen and oxygen atoms in total. The zero-order chi connectivity index (χ0) is 24.1. The van der Waals surface area contributed by atoms with E-state index >= 15 is 0 Å². The number of piperidine rings is 1. The van der Waals surface area contributed by atoms with E-state index in [4.69, 9.17) is 15.9 Å². The Morgan fingerprint density at radius 2 is 1.85 bits per heavy atom. The van der Waals surface area contributed by atoms with Gasteiger partial charge in [-0.1, -0.05) is 42.5 Å². The Morgan fingerprint density at radius 1 is 1.06 bits per heavy atom. The van der Waals surface area contributed by atoms with Gasteiger partial charge in [-0.3, -0.25) is 15.0 Å². The number of benzene rings is 3. The van der Waals surface area contributed by atoms with Gasteiger partial charge < -0.3 is 20.7 Å². The number of carbonyl (C=O) groups excluding carboxylic acids is 2. The summed E-state index contributed by atoms with van der Waals surface area (Å²) in [6.07, 6.45) is 1.07. The van der Waals surface area contributed by atoms with Crippen molar-refractivity contribution in [1.29, 1.82) is 5.41 Å². The second-order valence-corrected chi connectivity index (χ2v) is 8.01. The van der Waals surface area contributed by atoms with E-state index in [1.165, 1.54) is 12.1 Å². The first kappa shape index (κ1) is 23.0. The van der Waals surface area contributed by atoms with Crippen molar-refractivity contribution in [1.82, 2.24) is 0 Å². The van der Waals surface area contributed by atoms with Crippen molar-refractivity contribution in [2.24, 2.45) is 5.73 Å². The SMILES string of the molecule is N=C(N)c1cccc(OC(C(=O)Nc2ccc(N3CCCCC3=O)cc2F)c2ccccc2)c1. The number of amides is 2. The Morgan fingerprint density at radius 3 is 2.56 bits per heavy atom. The molecular formula is C26H25FN4O3. The number of amidine groups is 1. The topological polar surface area (TPSA) is 109 Å². The minimum absolute atomic E-state index is 0.0137. The molecule has 2 amide bonds. The molecule has 1 atom stereocenters. The van der Waals surface area contributed by atoms with Gasteiger partial charge in [0.05, 0.1) is 5.69 Å². The van der Waals surface area contributed by atoms with Crippen LogP contribution in [0.5, 0.6) is 5.75 Å². The number of rotatable bonds is 7. The lowest BCUT2D eigenvalue weighted by molar-refractivity contribution is -0.123. The second-order valence-electron chi connectivity index (χ2n) is 8.01. The van der Waals surface area contributed by atoms with E-state index in [1.54, 1.807) is 59.5 Å². The minimum Gasteiger partial charge on any atom is -0.476 e. The Bertz CT molecular complexity index is 1220. The molecule has 1 heterocycles. The molecule has 3 aromatic rings. The summed E-state index contributed by atoms with van der Waals surface area (Å²) in [5.41, 5.74) is 7.05. The first-order valence-corrected chi connectivity index (χ1v) is 11.0. The van der Waals surface area contributed by atoms with Crippen LogP contribution in [0.2, 0.25) is 0 Å². The monoisotopic (exact) mass is 460 g/mol. The van der Waals surface area contributed by atoms with Crippen LogP contribution in [0.1, 0.15) is 36.5 Å². The molecule has 3 aromatic carbocycles. The van der Waals surface area contributed by atoms with Crippen LogP contribution in [0.4, 0.5) is 15.8 Å². The highest BCUT2D eigenvalue weighted by molar-refractivity contribution is 5.97. The molecule has 1 saturated heterocycles. The quantitative estimate of drug-likeness (QED) is 0.359. The van der Waals surface area contributed by atoms with Gasteiger partial charge in [-0.25, -0.2) is 4.39 Å². The second kappa shape index (κ2) is 10.2. The van der Waals surface area contributed by atoms with E-state index in [0.717, 1.165) is 12.8 Å². The summed E-state index contributed by atoms with van der Waals surface area (Å²) in [4.78, 5) is 26.9. The van der Waals surface area contributed by atoms with Gasteiger partial charge in [0.1, 0.15) is 17.4 Å². The largest absolute Gasteiger partial charge is 0.476 e. The molecule has 1 fully saturated rings. The number of nitrogens with two attached hydrogens (primary N) is 1. The van der Waals surface area contributed by atoms with Crippen LogP contribution in [-0.4, -0.2) is 24.2 Å². The van der Waals surface area contributed by atoms with Crippen molar-refractivity contribution in [2.75, 3.05) is 16.8 Å². The van der Waals surface area contributed by atoms with Crippen molar-refractivity contribution in [3.8, 4) is 5.75 Å². The normalized spacial score (nSPS) is 14.4. The fourth-order valence-corrected chi connectivity index (χ4v) is 3.82. The Hall–Kier alpha value is -4.20. The van der Waals surface area contributed by atoms with Crippen LogP contribution >= 0.6 is 0 Å². The molecule has 1 aliphatic heterocycles. The molecule has 0 radical (unpaired) electrons. The summed E-state index contributed by atoms with van der Waals surface area (Å²) in [5, 5.41) is 10.2. The van der Waals surface area contributed by atoms with Gasteiger partial charge in [0.25, 0.3) is 5.91 Å². The molecule has 4 rings (SSSR count). The third-order valence-electron chi connectivity index (χ3n) is 5.59. The van der Waals surface area contributed by atoms with Crippen molar-refractivity contribution < 1.29 is 18.7 Å². The first-order valence-electron chi connectivity index (χ1n) is 11.0. The van der Waals surface area contributed by atoms with Gasteiger partial charge in [-0.05, 0) is 43.2 Å². The minimum atomic E-state index is -1.08. The lowest BCUT2D eigenvalue weighted by atomic mass is 10.1. The Labute approximate surface area is 196 Å². The zero-order valence-electron chi connectivity index (χ0n) is 18.5. The highest BCUT2D eigenvalue weighted by atomic mass is 19.1. The molecule has 0 spiro atoms. The molecule has 0 aliphatic carbocycles. The molecule has 4 N–H and O–H groups in total. The summed E-state index contributed by atoms with van der Waals surface area (Å²) in [6.45, 7) is 0.549. The number of hydrogen-bond donors (Lipinski definition) is 3. The highest BCUT2D eigenvalue weighted by Gasteiger charge is 2.25. The zero-order valence-corrected chi connectivity index (χ0v) is 18.5. The van der Waals surface area contributed by atoms with Crippen molar-refractivity contribution in [3.05, 3.63) is 89.7 Å². The van der Waals surface area contributed by atoms with Gasteiger partial charge in [0, 0.05) is 29.8 Å². The molecule has 0 aromatic heterocycles. The van der Waals surface area contributed by atoms with Gasteiger partial charge in [0.15, 0.2) is 0 Å². The van der Waals surface area contributed by atoms with Crippen molar-refractivity contribution in [2.45, 2.75) is 25.4 Å². The summed E-state index contributed by atoms with van der Waals surface area (Å²) in [5.74, 6) is -1.03. The predicted molar refractivity (Wildman–Crippen MR) is 129 cm³/mol. The molecule has 0 bridgehead atoms. The third kappa shape index (κ3) is 5.23. The van der Waals surface area contributed by atoms with Crippen molar-refractivity contribution >= 4 is 29.0 Å². The summed E-state index contributed by atoms with van der Waals surface area (Å²) >= 11 is 0. The van der Waals surface area contributed by atoms with E-state index in [9.17, 15) is 14.0 Å². The number of ether oxygens (including phenoxy) is 1. The molecule has 174 valence electrons. The molecule has 1 unspecified atom stereocenters. The molecule has 34 heavy (non-hydrogen) atoms. The Kier molecular flexibility index (Phi) is 6.87. The molecule has 0 saturated carbocycles. The highest BCUT2D eigenvalue weighted by Crippen LogP contribution is 2.28. The van der Waals surface area contributed by atoms with Crippen molar-refractivity contribution in [3.63, 3.8) is 0 Å². The lowest BCUT2D eigenvalue weighted by Crippen LogP contribution is -2.35. The maximum absolute atomic E-state index is 14.9. The number of hydrogen-bond acceptors (Lipinski definition) is 4. The molecule has 1 aliphatic rings. The number of nitrogens with zero attached hydrogens (tertiary/aromatic N) is 1. The molecule has 8 heteroatoms. The number of carbonyl (C=O) groups is 2. The van der Waals surface area contributed by atoms with Crippen LogP contribution < -0.4 is 20.7 Å². The van der Waals surface area contributed by atoms with Crippen LogP contribution in [0.3, 0.4) is 0 Å². The van der Waals surface area contributed by atoms with E-state index in [2.05, 4.69) is 5.32 Å². The average Bonchev–Trinajstić information content (AvgIpc) is 2.85. The van der Waals surface area contributed by atoms with Gasteiger partial charge in [-0.15, -0.1) is 0 Å². The van der Waals surface area contributed by atoms with Crippen LogP contribution in [0, 0.1) is 11.2 Å².